The standard InChI is InChI=1S/C29H27IN4O2/c1-34(2)19-21-8-12-23(13-9-21)32-28(22-6-4-3-5-7-22)27-24-14-10-20(18-25(24)33-29(27)36)11-15-26(35)31-17-16-30/h3-10,12-14,18,32H,16-17,19H2,1-2H3,(H,31,35)(H,33,36)/b28-27-. The number of nitrogens with zero attached hydrogens (tertiary/aromatic N) is 1. The molecule has 0 saturated heterocycles. The van der Waals surface area contributed by atoms with Gasteiger partial charge in [0.15, 0.2) is 0 Å². The molecule has 4 rings (SSSR count). The van der Waals surface area contributed by atoms with Crippen LogP contribution in [0.2, 0.25) is 0 Å². The summed E-state index contributed by atoms with van der Waals surface area (Å²) in [5, 5.41) is 9.18. The third-order valence-electron chi connectivity index (χ3n) is 5.50. The van der Waals surface area contributed by atoms with Gasteiger partial charge in [0.25, 0.3) is 11.8 Å². The van der Waals surface area contributed by atoms with E-state index in [1.807, 2.05) is 68.7 Å². The molecule has 1 aliphatic rings. The van der Waals surface area contributed by atoms with E-state index in [-0.39, 0.29) is 11.8 Å². The Kier molecular flexibility index (Phi) is 8.41. The van der Waals surface area contributed by atoms with E-state index in [1.54, 1.807) is 6.07 Å². The molecule has 0 aromatic heterocycles. The van der Waals surface area contributed by atoms with E-state index in [9.17, 15) is 9.59 Å². The summed E-state index contributed by atoms with van der Waals surface area (Å²) in [6, 6.07) is 23.5. The van der Waals surface area contributed by atoms with Crippen molar-refractivity contribution >= 4 is 57.1 Å². The molecule has 1 aliphatic heterocycles. The Labute approximate surface area is 225 Å². The highest BCUT2D eigenvalue weighted by Crippen LogP contribution is 2.38. The molecule has 0 spiro atoms. The number of amides is 2. The predicted octanol–water partition coefficient (Wildman–Crippen LogP) is 4.58. The summed E-state index contributed by atoms with van der Waals surface area (Å²) >= 11 is 2.19. The quantitative estimate of drug-likeness (QED) is 0.163. The number of benzene rings is 3. The lowest BCUT2D eigenvalue weighted by Gasteiger charge is -2.16. The van der Waals surface area contributed by atoms with Crippen LogP contribution in [0, 0.1) is 11.8 Å². The maximum absolute atomic E-state index is 13.2. The van der Waals surface area contributed by atoms with Gasteiger partial charge in [-0.05, 0) is 49.5 Å². The first kappa shape index (κ1) is 25.5. The first-order chi connectivity index (χ1) is 17.4. The van der Waals surface area contributed by atoms with Gasteiger partial charge in [-0.1, -0.05) is 77.0 Å². The van der Waals surface area contributed by atoms with Crippen LogP contribution in [0.25, 0.3) is 11.3 Å². The lowest BCUT2D eigenvalue weighted by Crippen LogP contribution is -2.23. The Bertz CT molecular complexity index is 1350. The zero-order valence-electron chi connectivity index (χ0n) is 20.2. The van der Waals surface area contributed by atoms with Crippen LogP contribution < -0.4 is 16.0 Å². The van der Waals surface area contributed by atoms with E-state index in [1.165, 1.54) is 5.56 Å². The van der Waals surface area contributed by atoms with Gasteiger partial charge in [0.05, 0.1) is 17.0 Å². The lowest BCUT2D eigenvalue weighted by atomic mass is 9.99. The van der Waals surface area contributed by atoms with Crippen molar-refractivity contribution < 1.29 is 9.59 Å². The number of hydrogen-bond donors (Lipinski definition) is 3. The largest absolute Gasteiger partial charge is 0.354 e. The second kappa shape index (κ2) is 11.9. The molecule has 0 radical (unpaired) electrons. The number of alkyl halides is 1. The number of carbonyl (C=O) groups excluding carboxylic acids is 2. The lowest BCUT2D eigenvalue weighted by molar-refractivity contribution is -0.115. The number of fused-ring (bicyclic) bond motifs is 1. The number of anilines is 2. The Morgan fingerprint density at radius 2 is 1.78 bits per heavy atom. The zero-order valence-corrected chi connectivity index (χ0v) is 22.3. The van der Waals surface area contributed by atoms with Crippen molar-refractivity contribution in [2.75, 3.05) is 35.7 Å². The van der Waals surface area contributed by atoms with Crippen LogP contribution in [0.3, 0.4) is 0 Å². The van der Waals surface area contributed by atoms with Crippen molar-refractivity contribution in [1.82, 2.24) is 10.2 Å². The van der Waals surface area contributed by atoms with Crippen molar-refractivity contribution in [3.05, 3.63) is 95.1 Å². The highest BCUT2D eigenvalue weighted by Gasteiger charge is 2.28. The summed E-state index contributed by atoms with van der Waals surface area (Å²) in [7, 11) is 4.08. The van der Waals surface area contributed by atoms with Gasteiger partial charge in [-0.3, -0.25) is 9.59 Å². The summed E-state index contributed by atoms with van der Waals surface area (Å²) in [6.45, 7) is 1.43. The van der Waals surface area contributed by atoms with Crippen molar-refractivity contribution in [3.63, 3.8) is 0 Å². The van der Waals surface area contributed by atoms with Gasteiger partial charge in [-0.25, -0.2) is 0 Å². The van der Waals surface area contributed by atoms with Crippen LogP contribution in [0.15, 0.2) is 72.8 Å². The topological polar surface area (TPSA) is 73.5 Å². The van der Waals surface area contributed by atoms with Crippen molar-refractivity contribution in [1.29, 1.82) is 0 Å². The van der Waals surface area contributed by atoms with Crippen LogP contribution in [0.4, 0.5) is 11.4 Å². The highest BCUT2D eigenvalue weighted by molar-refractivity contribution is 14.1. The average molecular weight is 590 g/mol. The fourth-order valence-electron chi connectivity index (χ4n) is 3.92. The Balaban J connectivity index is 1.69. The number of nitrogens with one attached hydrogen (secondary N) is 3. The van der Waals surface area contributed by atoms with Crippen molar-refractivity contribution in [2.45, 2.75) is 6.54 Å². The van der Waals surface area contributed by atoms with Gasteiger partial charge in [-0.2, -0.15) is 0 Å². The molecule has 36 heavy (non-hydrogen) atoms. The fraction of sp³-hybridized carbons (Fsp3) is 0.172. The monoisotopic (exact) mass is 590 g/mol. The fourth-order valence-corrected chi connectivity index (χ4v) is 4.19. The van der Waals surface area contributed by atoms with Gasteiger partial charge >= 0.3 is 0 Å². The van der Waals surface area contributed by atoms with E-state index in [2.05, 4.69) is 67.4 Å². The van der Waals surface area contributed by atoms with Gasteiger partial charge in [-0.15, -0.1) is 0 Å². The number of halogens is 1. The van der Waals surface area contributed by atoms with Crippen LogP contribution >= 0.6 is 22.6 Å². The molecule has 0 saturated carbocycles. The molecule has 2 amide bonds. The molecule has 7 heteroatoms. The van der Waals surface area contributed by atoms with Gasteiger partial charge in [0.2, 0.25) is 0 Å². The van der Waals surface area contributed by atoms with Crippen LogP contribution in [-0.2, 0) is 16.1 Å². The number of rotatable bonds is 7. The molecule has 0 unspecified atom stereocenters. The molecule has 0 fully saturated rings. The number of carbonyl (C=O) groups is 2. The molecule has 6 nitrogen and oxygen atoms in total. The van der Waals surface area contributed by atoms with Crippen molar-refractivity contribution in [2.24, 2.45) is 0 Å². The average Bonchev–Trinajstić information content (AvgIpc) is 3.20. The van der Waals surface area contributed by atoms with E-state index >= 15 is 0 Å². The SMILES string of the molecule is CN(C)Cc1ccc(N/C(=C2\C(=O)Nc3cc(C#CC(=O)NCCI)ccc32)c2ccccc2)cc1. The Hall–Kier alpha value is -3.61. The summed E-state index contributed by atoms with van der Waals surface area (Å²) in [5.74, 6) is 4.98. The third-order valence-corrected chi connectivity index (χ3v) is 6.04. The molecule has 182 valence electrons. The maximum Gasteiger partial charge on any atom is 0.296 e. The third kappa shape index (κ3) is 6.33. The summed E-state index contributed by atoms with van der Waals surface area (Å²) in [5.41, 5.74) is 6.41. The van der Waals surface area contributed by atoms with E-state index in [4.69, 9.17) is 0 Å². The molecular formula is C29H27IN4O2. The smallest absolute Gasteiger partial charge is 0.296 e. The summed E-state index contributed by atoms with van der Waals surface area (Å²) in [4.78, 5) is 27.1. The minimum absolute atomic E-state index is 0.189. The van der Waals surface area contributed by atoms with E-state index in [0.29, 0.717) is 23.4 Å². The summed E-state index contributed by atoms with van der Waals surface area (Å²) in [6.07, 6.45) is 0. The molecular weight excluding hydrogens is 563 g/mol. The van der Waals surface area contributed by atoms with Crippen molar-refractivity contribution in [3.8, 4) is 11.8 Å². The molecule has 3 aromatic rings. The molecule has 3 N–H and O–H groups in total. The zero-order chi connectivity index (χ0) is 25.5. The van der Waals surface area contributed by atoms with Crippen LogP contribution in [0.1, 0.15) is 22.3 Å². The minimum Gasteiger partial charge on any atom is -0.354 e. The Morgan fingerprint density at radius 1 is 1.03 bits per heavy atom. The van der Waals surface area contributed by atoms with Gasteiger partial charge in [0, 0.05) is 40.3 Å². The predicted molar refractivity (Wildman–Crippen MR) is 155 cm³/mol. The maximum atomic E-state index is 13.2. The van der Waals surface area contributed by atoms with E-state index < -0.39 is 0 Å². The Morgan fingerprint density at radius 3 is 2.47 bits per heavy atom. The molecule has 0 aliphatic carbocycles. The molecule has 1 heterocycles. The van der Waals surface area contributed by atoms with Gasteiger partial charge < -0.3 is 20.9 Å². The number of hydrogen-bond acceptors (Lipinski definition) is 4. The highest BCUT2D eigenvalue weighted by atomic mass is 127. The second-order valence-corrected chi connectivity index (χ2v) is 9.66. The first-order valence-corrected chi connectivity index (χ1v) is 13.1. The molecule has 3 aromatic carbocycles. The normalized spacial score (nSPS) is 13.4. The molecule has 0 bridgehead atoms. The second-order valence-electron chi connectivity index (χ2n) is 8.59. The van der Waals surface area contributed by atoms with Gasteiger partial charge in [0.1, 0.15) is 0 Å². The summed E-state index contributed by atoms with van der Waals surface area (Å²) < 4.78 is 0.823. The molecule has 0 atom stereocenters. The first-order valence-electron chi connectivity index (χ1n) is 11.6. The minimum atomic E-state index is -0.316. The van der Waals surface area contributed by atoms with E-state index in [0.717, 1.165) is 33.5 Å². The van der Waals surface area contributed by atoms with Crippen LogP contribution in [-0.4, -0.2) is 41.8 Å². The van der Waals surface area contributed by atoms with Crippen LogP contribution in [0.5, 0.6) is 0 Å².